The molecule has 8 nitrogen and oxygen atoms in total. The molecule has 0 radical (unpaired) electrons. The Morgan fingerprint density at radius 1 is 0.360 bits per heavy atom. The summed E-state index contributed by atoms with van der Waals surface area (Å²) in [5.41, 5.74) is 21.9. The molecule has 2 aliphatic heterocycles. The summed E-state index contributed by atoms with van der Waals surface area (Å²) >= 11 is 0. The maximum Gasteiger partial charge on any atom is 0.338 e. The second-order valence-corrected chi connectivity index (χ2v) is 21.8. The van der Waals surface area contributed by atoms with Crippen molar-refractivity contribution in [1.29, 1.82) is 0 Å². The fraction of sp³-hybridized carbons (Fsp3) is 0.0130. The van der Waals surface area contributed by atoms with Crippen LogP contribution in [0.3, 0.4) is 0 Å². The Hall–Kier alpha value is -11.4. The van der Waals surface area contributed by atoms with E-state index in [2.05, 4.69) is 196 Å². The third-order valence-corrected chi connectivity index (χ3v) is 16.8. The highest BCUT2D eigenvalue weighted by Crippen LogP contribution is 2.45. The van der Waals surface area contributed by atoms with Gasteiger partial charge < -0.3 is 19.1 Å². The minimum atomic E-state index is -0.375. The van der Waals surface area contributed by atoms with Crippen LogP contribution in [0.15, 0.2) is 297 Å². The number of aromatic nitrogens is 4. The van der Waals surface area contributed by atoms with Gasteiger partial charge in [0.15, 0.2) is 17.5 Å². The van der Waals surface area contributed by atoms with Crippen molar-refractivity contribution in [2.45, 2.75) is 6.61 Å². The molecule has 0 fully saturated rings. The van der Waals surface area contributed by atoms with Gasteiger partial charge in [0.25, 0.3) is 6.71 Å². The van der Waals surface area contributed by atoms with Crippen molar-refractivity contribution in [3.05, 3.63) is 308 Å². The number of fused-ring (bicyclic) bond motifs is 7. The van der Waals surface area contributed by atoms with E-state index in [9.17, 15) is 4.79 Å². The molecule has 2 aliphatic rings. The SMILES string of the molecule is O=C(OCc1ccccc1)c1ccc2c(c1)c1ccccc1n2-c1ccc(-c2nc(-c3ccccc3)nc(-c3ccccc3)n2)cc1-c1ccc(-c2cccc(N3c4ccccc4B4c5ccccc5N(c5ccccc5)c5cccc3c54)c2)cc1. The lowest BCUT2D eigenvalue weighted by Crippen LogP contribution is -2.61. The number of ether oxygens (including phenoxy) is 1. The van der Waals surface area contributed by atoms with E-state index < -0.39 is 0 Å². The number of para-hydroxylation sites is 4. The molecule has 0 spiro atoms. The zero-order valence-corrected chi connectivity index (χ0v) is 46.6. The van der Waals surface area contributed by atoms with Gasteiger partial charge in [0.05, 0.1) is 22.3 Å². The van der Waals surface area contributed by atoms with Gasteiger partial charge in [-0.25, -0.2) is 19.7 Å². The third kappa shape index (κ3) is 8.72. The van der Waals surface area contributed by atoms with Crippen molar-refractivity contribution in [1.82, 2.24) is 19.5 Å². The van der Waals surface area contributed by atoms with Crippen LogP contribution in [0, 0.1) is 0 Å². The molecule has 86 heavy (non-hydrogen) atoms. The molecule has 0 bridgehead atoms. The van der Waals surface area contributed by atoms with Crippen LogP contribution in [0.2, 0.25) is 0 Å². The van der Waals surface area contributed by atoms with Crippen LogP contribution in [0.25, 0.3) is 83.9 Å². The van der Waals surface area contributed by atoms with Crippen LogP contribution in [0.4, 0.5) is 34.1 Å². The largest absolute Gasteiger partial charge is 0.457 e. The van der Waals surface area contributed by atoms with Gasteiger partial charge in [-0.2, -0.15) is 0 Å². The minimum absolute atomic E-state index is 0.0554. The van der Waals surface area contributed by atoms with Crippen LogP contribution in [0.5, 0.6) is 0 Å². The van der Waals surface area contributed by atoms with Crippen molar-refractivity contribution in [3.8, 4) is 62.1 Å². The molecule has 12 aromatic carbocycles. The molecule has 0 unspecified atom stereocenters. The first-order valence-corrected chi connectivity index (χ1v) is 29.0. The Labute approximate surface area is 498 Å². The summed E-state index contributed by atoms with van der Waals surface area (Å²) in [5.74, 6) is 1.36. The molecular formula is C77H51BN6O2. The standard InChI is InChI=1S/C77H51BN6O2/c85-77(86-50-51-21-5-1-6-22-51)58-44-46-68-63(49-58)61-31-13-16-34-66(61)84(68)67-45-43-57(76-80-74(54-23-7-2-8-24-54)79-75(81-76)55-25-9-3-10-26-55)48-62(67)53-41-39-52(40-42-53)56-27-19-30-60(47-56)83-70-36-18-15-33-65(70)78-64-32-14-17-35-69(64)82(59-28-11-4-12-29-59)71-37-20-38-72(83)73(71)78/h1-49H,50H2. The number of anilines is 6. The van der Waals surface area contributed by atoms with Crippen molar-refractivity contribution >= 4 is 85.0 Å². The molecule has 0 aliphatic carbocycles. The van der Waals surface area contributed by atoms with Gasteiger partial charge >= 0.3 is 5.97 Å². The monoisotopic (exact) mass is 1100 g/mol. The number of rotatable bonds is 11. The van der Waals surface area contributed by atoms with Crippen LogP contribution < -0.4 is 26.2 Å². The Bertz CT molecular complexity index is 4860. The number of carbonyl (C=O) groups excluding carboxylic acids is 1. The first kappa shape index (κ1) is 50.3. The molecule has 0 amide bonds. The minimum Gasteiger partial charge on any atom is -0.457 e. The number of nitrogens with zero attached hydrogens (tertiary/aromatic N) is 6. The van der Waals surface area contributed by atoms with E-state index in [-0.39, 0.29) is 19.3 Å². The van der Waals surface area contributed by atoms with Crippen LogP contribution in [-0.4, -0.2) is 32.2 Å². The second-order valence-electron chi connectivity index (χ2n) is 21.8. The molecule has 0 atom stereocenters. The average molecular weight is 1100 g/mol. The van der Waals surface area contributed by atoms with E-state index in [0.29, 0.717) is 23.0 Å². The Morgan fingerprint density at radius 3 is 1.53 bits per heavy atom. The molecular weight excluding hydrogens is 1050 g/mol. The Kier molecular flexibility index (Phi) is 12.3. The van der Waals surface area contributed by atoms with Gasteiger partial charge in [-0.15, -0.1) is 0 Å². The number of hydrogen-bond donors (Lipinski definition) is 0. The quantitative estimate of drug-likeness (QED) is 0.0943. The van der Waals surface area contributed by atoms with Gasteiger partial charge in [0.1, 0.15) is 6.61 Å². The molecule has 16 rings (SSSR count). The second kappa shape index (κ2) is 21.1. The predicted molar refractivity (Wildman–Crippen MR) is 351 cm³/mol. The fourth-order valence-electron chi connectivity index (χ4n) is 12.8. The average Bonchev–Trinajstić information content (AvgIpc) is 0.899. The summed E-state index contributed by atoms with van der Waals surface area (Å²) in [5, 5.41) is 1.96. The Morgan fingerprint density at radius 2 is 0.860 bits per heavy atom. The van der Waals surface area contributed by atoms with E-state index in [4.69, 9.17) is 19.7 Å². The normalized spacial score (nSPS) is 12.2. The van der Waals surface area contributed by atoms with Gasteiger partial charge in [-0.3, -0.25) is 0 Å². The summed E-state index contributed by atoms with van der Waals surface area (Å²) in [6, 6.07) is 104. The highest BCUT2D eigenvalue weighted by Gasteiger charge is 2.43. The number of benzene rings is 12. The number of hydrogen-bond acceptors (Lipinski definition) is 7. The topological polar surface area (TPSA) is 76.4 Å². The molecule has 9 heteroatoms. The molecule has 4 heterocycles. The highest BCUT2D eigenvalue weighted by atomic mass is 16.5. The van der Waals surface area contributed by atoms with E-state index >= 15 is 0 Å². The van der Waals surface area contributed by atoms with E-state index in [1.165, 1.54) is 33.5 Å². The molecule has 14 aromatic rings. The maximum atomic E-state index is 13.7. The van der Waals surface area contributed by atoms with Crippen LogP contribution in [0.1, 0.15) is 15.9 Å². The molecule has 404 valence electrons. The first-order chi connectivity index (χ1) is 42.6. The predicted octanol–water partition coefficient (Wildman–Crippen LogP) is 16.7. The molecule has 0 N–H and O–H groups in total. The van der Waals surface area contributed by atoms with Crippen LogP contribution >= 0.6 is 0 Å². The lowest BCUT2D eigenvalue weighted by Gasteiger charge is -2.44. The highest BCUT2D eigenvalue weighted by molar-refractivity contribution is 7.00. The van der Waals surface area contributed by atoms with Gasteiger partial charge in [-0.05, 0) is 130 Å². The maximum absolute atomic E-state index is 13.7. The third-order valence-electron chi connectivity index (χ3n) is 16.8. The lowest BCUT2D eigenvalue weighted by atomic mass is 9.33. The summed E-state index contributed by atoms with van der Waals surface area (Å²) in [6.45, 7) is 0.243. The summed E-state index contributed by atoms with van der Waals surface area (Å²) in [4.78, 5) is 34.0. The van der Waals surface area contributed by atoms with E-state index in [0.717, 1.165) is 89.1 Å². The zero-order valence-electron chi connectivity index (χ0n) is 46.6. The van der Waals surface area contributed by atoms with Crippen LogP contribution in [-0.2, 0) is 11.3 Å². The van der Waals surface area contributed by atoms with Gasteiger partial charge in [0, 0.05) is 67.2 Å². The van der Waals surface area contributed by atoms with Crippen molar-refractivity contribution < 1.29 is 9.53 Å². The van der Waals surface area contributed by atoms with Gasteiger partial charge in [0.2, 0.25) is 0 Å². The molecule has 0 saturated heterocycles. The lowest BCUT2D eigenvalue weighted by molar-refractivity contribution is 0.0473. The Balaban J connectivity index is 0.823. The number of carbonyl (C=O) groups is 1. The summed E-state index contributed by atoms with van der Waals surface area (Å²) in [6.07, 6.45) is 0. The first-order valence-electron chi connectivity index (χ1n) is 29.0. The fourth-order valence-corrected chi connectivity index (χ4v) is 12.8. The van der Waals surface area contributed by atoms with Crippen molar-refractivity contribution in [2.75, 3.05) is 9.80 Å². The smallest absolute Gasteiger partial charge is 0.338 e. The summed E-state index contributed by atoms with van der Waals surface area (Å²) in [7, 11) is 0. The zero-order chi connectivity index (χ0) is 57.1. The molecule has 2 aromatic heterocycles. The van der Waals surface area contributed by atoms with E-state index in [1.54, 1.807) is 0 Å². The molecule has 0 saturated carbocycles. The van der Waals surface area contributed by atoms with Gasteiger partial charge in [-0.1, -0.05) is 206 Å². The summed E-state index contributed by atoms with van der Waals surface area (Å²) < 4.78 is 8.16. The van der Waals surface area contributed by atoms with E-state index in [1.807, 2.05) is 115 Å². The van der Waals surface area contributed by atoms with Crippen molar-refractivity contribution in [2.24, 2.45) is 0 Å². The number of esters is 1. The van der Waals surface area contributed by atoms with Crippen molar-refractivity contribution in [3.63, 3.8) is 0 Å².